The highest BCUT2D eigenvalue weighted by molar-refractivity contribution is 7.98. The van der Waals surface area contributed by atoms with E-state index >= 15 is 0 Å². The van der Waals surface area contributed by atoms with Crippen LogP contribution in [0.1, 0.15) is 46.9 Å². The molecule has 1 aliphatic rings. The third kappa shape index (κ3) is 6.14. The van der Waals surface area contributed by atoms with Gasteiger partial charge in [0.15, 0.2) is 0 Å². The molecule has 9 nitrogen and oxygen atoms in total. The minimum absolute atomic E-state index is 0.00930. The van der Waals surface area contributed by atoms with E-state index in [9.17, 15) is 22.8 Å². The van der Waals surface area contributed by atoms with Gasteiger partial charge in [-0.3, -0.25) is 14.0 Å². The summed E-state index contributed by atoms with van der Waals surface area (Å²) < 4.78 is 41.0. The van der Waals surface area contributed by atoms with Crippen LogP contribution < -0.4 is 11.1 Å². The van der Waals surface area contributed by atoms with Gasteiger partial charge in [0, 0.05) is 60.9 Å². The molecule has 0 unspecified atom stereocenters. The lowest BCUT2D eigenvalue weighted by atomic mass is 9.97. The molecule has 3 N–H and O–H groups in total. The molecule has 0 saturated carbocycles. The molecule has 4 heterocycles. The van der Waals surface area contributed by atoms with E-state index in [4.69, 9.17) is 10.7 Å². The topological polar surface area (TPSA) is 119 Å². The highest BCUT2D eigenvalue weighted by atomic mass is 32.2. The second-order valence-electron chi connectivity index (χ2n) is 9.73. The van der Waals surface area contributed by atoms with Crippen LogP contribution >= 0.6 is 11.8 Å². The number of alkyl halides is 3. The number of nitrogens with two attached hydrogens (primary N) is 1. The van der Waals surface area contributed by atoms with Crippen LogP contribution in [0.15, 0.2) is 55.0 Å². The number of nitrogens with one attached hydrogen (secondary N) is 1. The van der Waals surface area contributed by atoms with Gasteiger partial charge < -0.3 is 16.0 Å². The van der Waals surface area contributed by atoms with Gasteiger partial charge in [0.25, 0.3) is 5.91 Å². The predicted molar refractivity (Wildman–Crippen MR) is 152 cm³/mol. The average molecular weight is 584 g/mol. The van der Waals surface area contributed by atoms with E-state index < -0.39 is 17.6 Å². The van der Waals surface area contributed by atoms with Gasteiger partial charge in [-0.2, -0.15) is 24.9 Å². The Morgan fingerprint density at radius 1 is 1.15 bits per heavy atom. The van der Waals surface area contributed by atoms with Crippen molar-refractivity contribution in [2.75, 3.05) is 36.1 Å². The maximum absolute atomic E-state index is 13.0. The van der Waals surface area contributed by atoms with Gasteiger partial charge in [-0.25, -0.2) is 15.0 Å². The number of likely N-dealkylation sites (tertiary alicyclic amines) is 1. The Kier molecular flexibility index (Phi) is 8.15. The van der Waals surface area contributed by atoms with Crippen LogP contribution in [-0.4, -0.2) is 61.2 Å². The number of hydrogen-bond acceptors (Lipinski definition) is 7. The summed E-state index contributed by atoms with van der Waals surface area (Å²) in [5.41, 5.74) is 7.51. The molecule has 1 atom stereocenters. The molecule has 5 rings (SSSR count). The molecule has 0 spiro atoms. The Labute approximate surface area is 238 Å². The maximum Gasteiger partial charge on any atom is 0.416 e. The molecule has 1 aliphatic heterocycles. The third-order valence-corrected chi connectivity index (χ3v) is 7.63. The lowest BCUT2D eigenvalue weighted by molar-refractivity contribution is -0.137. The first-order valence-electron chi connectivity index (χ1n) is 13.0. The van der Waals surface area contributed by atoms with Crippen molar-refractivity contribution < 1.29 is 22.8 Å². The van der Waals surface area contributed by atoms with E-state index in [1.54, 1.807) is 48.4 Å². The van der Waals surface area contributed by atoms with Crippen LogP contribution in [0, 0.1) is 0 Å². The number of piperidine rings is 1. The van der Waals surface area contributed by atoms with Crippen molar-refractivity contribution in [2.45, 2.75) is 31.4 Å². The van der Waals surface area contributed by atoms with Gasteiger partial charge in [-0.15, -0.1) is 0 Å². The molecule has 41 heavy (non-hydrogen) atoms. The number of carbonyl (C=O) groups is 2. The number of rotatable bonds is 7. The summed E-state index contributed by atoms with van der Waals surface area (Å²) in [7, 11) is 0. The molecule has 3 aromatic heterocycles. The molecule has 13 heteroatoms. The molecular formula is C28H28F3N7O2S. The van der Waals surface area contributed by atoms with E-state index in [-0.39, 0.29) is 23.2 Å². The van der Waals surface area contributed by atoms with Crippen molar-refractivity contribution >= 4 is 40.7 Å². The summed E-state index contributed by atoms with van der Waals surface area (Å²) >= 11 is 1.65. The van der Waals surface area contributed by atoms with Gasteiger partial charge >= 0.3 is 6.18 Å². The molecule has 214 valence electrons. The fraction of sp³-hybridized carbons (Fsp3) is 0.321. The summed E-state index contributed by atoms with van der Waals surface area (Å²) in [5, 5.41) is 2.41. The molecule has 1 aromatic carbocycles. The van der Waals surface area contributed by atoms with Crippen molar-refractivity contribution in [3.8, 4) is 11.3 Å². The summed E-state index contributed by atoms with van der Waals surface area (Å²) in [6.45, 7) is 1.29. The van der Waals surface area contributed by atoms with Gasteiger partial charge in [0.2, 0.25) is 5.91 Å². The molecule has 1 fully saturated rings. The number of aromatic nitrogens is 4. The number of halogens is 3. The quantitative estimate of drug-likeness (QED) is 0.311. The summed E-state index contributed by atoms with van der Waals surface area (Å²) in [6, 6.07) is 8.13. The Hall–Kier alpha value is -4.13. The zero-order chi connectivity index (χ0) is 29.1. The normalized spacial score (nSPS) is 15.7. The standard InChI is InChI=1S/C28H28F3N7O2S/c1-41-14-9-22(39)37-12-2-3-19(16-37)26-36-23(24-25(32)34-11-13-38(24)26)17-4-6-18(7-5-17)27(40)35-21-15-20(8-10-33-21)28(29,30)31/h4-8,10-11,13,15,19H,2-3,9,12,14,16H2,1H3,(H2,32,34)(H,33,35,40)/t19-/m1/s1. The largest absolute Gasteiger partial charge is 0.416 e. The fourth-order valence-corrected chi connectivity index (χ4v) is 5.36. The van der Waals surface area contributed by atoms with E-state index in [1.807, 2.05) is 15.6 Å². The number of hydrogen-bond donors (Lipinski definition) is 2. The number of imidazole rings is 1. The number of amides is 2. The SMILES string of the molecule is CSCCC(=O)N1CCC[C@@H](c2nc(-c3ccc(C(=O)Nc4cc(C(F)(F)F)ccn4)cc3)c3c(N)nccn23)C1. The first-order valence-corrected chi connectivity index (χ1v) is 14.4. The van der Waals surface area contributed by atoms with Gasteiger partial charge in [0.1, 0.15) is 28.7 Å². The summed E-state index contributed by atoms with van der Waals surface area (Å²) in [4.78, 5) is 40.4. The van der Waals surface area contributed by atoms with Crippen LogP contribution in [0.25, 0.3) is 16.8 Å². The van der Waals surface area contributed by atoms with Gasteiger partial charge in [-0.1, -0.05) is 12.1 Å². The summed E-state index contributed by atoms with van der Waals surface area (Å²) in [5.74, 6) is 1.20. The Bertz CT molecular complexity index is 1570. The first-order chi connectivity index (χ1) is 19.7. The van der Waals surface area contributed by atoms with Crippen molar-refractivity contribution in [3.63, 3.8) is 0 Å². The van der Waals surface area contributed by atoms with Crippen LogP contribution in [0.5, 0.6) is 0 Å². The minimum Gasteiger partial charge on any atom is -0.382 e. The van der Waals surface area contributed by atoms with Crippen LogP contribution in [0.2, 0.25) is 0 Å². The number of anilines is 2. The van der Waals surface area contributed by atoms with E-state index in [0.717, 1.165) is 49.3 Å². The maximum atomic E-state index is 13.0. The number of carbonyl (C=O) groups excluding carboxylic acids is 2. The second-order valence-corrected chi connectivity index (χ2v) is 10.7. The molecule has 4 aromatic rings. The summed E-state index contributed by atoms with van der Waals surface area (Å²) in [6.07, 6.45) is 4.07. The number of nitrogens with zero attached hydrogens (tertiary/aromatic N) is 5. The highest BCUT2D eigenvalue weighted by Crippen LogP contribution is 2.34. The lowest BCUT2D eigenvalue weighted by Crippen LogP contribution is -2.39. The van der Waals surface area contributed by atoms with Crippen molar-refractivity contribution in [1.29, 1.82) is 0 Å². The van der Waals surface area contributed by atoms with Crippen LogP contribution in [0.3, 0.4) is 0 Å². The predicted octanol–water partition coefficient (Wildman–Crippen LogP) is 5.10. The van der Waals surface area contributed by atoms with Gasteiger partial charge in [0.05, 0.1) is 5.56 Å². The second kappa shape index (κ2) is 11.8. The first kappa shape index (κ1) is 28.4. The van der Waals surface area contributed by atoms with E-state index in [0.29, 0.717) is 35.6 Å². The van der Waals surface area contributed by atoms with Crippen molar-refractivity contribution in [3.05, 3.63) is 71.9 Å². The molecule has 0 aliphatic carbocycles. The highest BCUT2D eigenvalue weighted by Gasteiger charge is 2.31. The zero-order valence-electron chi connectivity index (χ0n) is 22.2. The Morgan fingerprint density at radius 2 is 1.93 bits per heavy atom. The van der Waals surface area contributed by atoms with Crippen LogP contribution in [-0.2, 0) is 11.0 Å². The molecule has 2 amide bonds. The molecule has 1 saturated heterocycles. The molecule has 0 radical (unpaired) electrons. The van der Waals surface area contributed by atoms with E-state index in [2.05, 4.69) is 15.3 Å². The Balaban J connectivity index is 1.40. The number of fused-ring (bicyclic) bond motifs is 1. The minimum atomic E-state index is -4.55. The lowest BCUT2D eigenvalue weighted by Gasteiger charge is -2.32. The number of thioether (sulfide) groups is 1. The zero-order valence-corrected chi connectivity index (χ0v) is 23.0. The van der Waals surface area contributed by atoms with Crippen molar-refractivity contribution in [2.24, 2.45) is 0 Å². The van der Waals surface area contributed by atoms with Gasteiger partial charge in [-0.05, 0) is 43.4 Å². The van der Waals surface area contributed by atoms with Crippen molar-refractivity contribution in [1.82, 2.24) is 24.3 Å². The Morgan fingerprint density at radius 3 is 2.66 bits per heavy atom. The smallest absolute Gasteiger partial charge is 0.382 e. The average Bonchev–Trinajstić information content (AvgIpc) is 3.37. The molecular weight excluding hydrogens is 555 g/mol. The fourth-order valence-electron chi connectivity index (χ4n) is 4.98. The molecule has 0 bridgehead atoms. The third-order valence-electron chi connectivity index (χ3n) is 7.02. The number of nitrogen functional groups attached to an aromatic ring is 1. The van der Waals surface area contributed by atoms with Crippen LogP contribution in [0.4, 0.5) is 24.8 Å². The monoisotopic (exact) mass is 583 g/mol. The van der Waals surface area contributed by atoms with E-state index in [1.165, 1.54) is 0 Å². The number of pyridine rings is 1. The number of benzene rings is 1.